The van der Waals surface area contributed by atoms with Gasteiger partial charge in [0.15, 0.2) is 11.6 Å². The summed E-state index contributed by atoms with van der Waals surface area (Å²) >= 11 is 0. The lowest BCUT2D eigenvalue weighted by molar-refractivity contribution is 0.301. The molecule has 1 aromatic carbocycles. The standard InChI is InChI=1S/C16H22FN3O/c1-4-7-21-16-10-15(14(18)9-13(16)17)20-12(6-3)8-11(5-2)19-20/h8-10H,4-7,18H2,1-3H3. The van der Waals surface area contributed by atoms with E-state index in [1.54, 1.807) is 10.7 Å². The maximum Gasteiger partial charge on any atom is 0.167 e. The number of nitrogen functional groups attached to an aromatic ring is 1. The molecule has 2 N–H and O–H groups in total. The Labute approximate surface area is 124 Å². The van der Waals surface area contributed by atoms with E-state index < -0.39 is 5.82 Å². The van der Waals surface area contributed by atoms with E-state index in [1.807, 2.05) is 6.92 Å². The van der Waals surface area contributed by atoms with Gasteiger partial charge in [0.2, 0.25) is 0 Å². The van der Waals surface area contributed by atoms with Gasteiger partial charge in [-0.3, -0.25) is 0 Å². The van der Waals surface area contributed by atoms with Crippen LogP contribution in [0.1, 0.15) is 38.6 Å². The Morgan fingerprint density at radius 2 is 1.95 bits per heavy atom. The lowest BCUT2D eigenvalue weighted by Crippen LogP contribution is -2.07. The van der Waals surface area contributed by atoms with Gasteiger partial charge in [-0.05, 0) is 25.3 Å². The van der Waals surface area contributed by atoms with Gasteiger partial charge in [0.05, 0.1) is 23.7 Å². The molecule has 114 valence electrons. The quantitative estimate of drug-likeness (QED) is 0.829. The van der Waals surface area contributed by atoms with Crippen molar-refractivity contribution in [2.45, 2.75) is 40.0 Å². The smallest absolute Gasteiger partial charge is 0.167 e. The van der Waals surface area contributed by atoms with Crippen molar-refractivity contribution in [1.29, 1.82) is 0 Å². The average molecular weight is 291 g/mol. The van der Waals surface area contributed by atoms with Gasteiger partial charge in [-0.2, -0.15) is 5.10 Å². The molecular formula is C16H22FN3O. The number of rotatable bonds is 6. The molecule has 0 atom stereocenters. The number of hydrogen-bond acceptors (Lipinski definition) is 3. The van der Waals surface area contributed by atoms with Crippen LogP contribution in [0.15, 0.2) is 18.2 Å². The maximum atomic E-state index is 13.9. The fourth-order valence-electron chi connectivity index (χ4n) is 2.17. The normalized spacial score (nSPS) is 10.9. The minimum absolute atomic E-state index is 0.219. The lowest BCUT2D eigenvalue weighted by Gasteiger charge is -2.13. The van der Waals surface area contributed by atoms with Gasteiger partial charge in [-0.25, -0.2) is 9.07 Å². The molecule has 0 saturated carbocycles. The second kappa shape index (κ2) is 6.61. The fraction of sp³-hybridized carbons (Fsp3) is 0.438. The largest absolute Gasteiger partial charge is 0.490 e. The molecule has 21 heavy (non-hydrogen) atoms. The number of benzene rings is 1. The van der Waals surface area contributed by atoms with Crippen LogP contribution in [-0.4, -0.2) is 16.4 Å². The molecule has 1 heterocycles. The second-order valence-electron chi connectivity index (χ2n) is 4.94. The molecule has 1 aromatic heterocycles. The molecule has 4 nitrogen and oxygen atoms in total. The van der Waals surface area contributed by atoms with E-state index in [-0.39, 0.29) is 5.75 Å². The highest BCUT2D eigenvalue weighted by Crippen LogP contribution is 2.28. The van der Waals surface area contributed by atoms with Gasteiger partial charge in [0, 0.05) is 17.8 Å². The number of halogens is 1. The molecule has 0 radical (unpaired) electrons. The summed E-state index contributed by atoms with van der Waals surface area (Å²) in [4.78, 5) is 0. The summed E-state index contributed by atoms with van der Waals surface area (Å²) < 4.78 is 21.1. The van der Waals surface area contributed by atoms with Crippen molar-refractivity contribution in [3.8, 4) is 11.4 Å². The number of ether oxygens (including phenoxy) is 1. The van der Waals surface area contributed by atoms with Gasteiger partial charge in [0.25, 0.3) is 0 Å². The number of nitrogens with zero attached hydrogens (tertiary/aromatic N) is 2. The van der Waals surface area contributed by atoms with Crippen LogP contribution in [0.3, 0.4) is 0 Å². The Bertz CT molecular complexity index is 622. The monoisotopic (exact) mass is 291 g/mol. The maximum absolute atomic E-state index is 13.9. The van der Waals surface area contributed by atoms with Crippen molar-refractivity contribution in [2.24, 2.45) is 0 Å². The van der Waals surface area contributed by atoms with Gasteiger partial charge >= 0.3 is 0 Å². The zero-order valence-corrected chi connectivity index (χ0v) is 12.8. The fourth-order valence-corrected chi connectivity index (χ4v) is 2.17. The summed E-state index contributed by atoms with van der Waals surface area (Å²) in [6.45, 7) is 6.56. The first-order valence-electron chi connectivity index (χ1n) is 7.40. The molecule has 5 heteroatoms. The molecule has 0 unspecified atom stereocenters. The third-order valence-corrected chi connectivity index (χ3v) is 3.33. The van der Waals surface area contributed by atoms with Crippen LogP contribution in [0.25, 0.3) is 5.69 Å². The van der Waals surface area contributed by atoms with Crippen molar-refractivity contribution in [3.05, 3.63) is 35.4 Å². The zero-order chi connectivity index (χ0) is 15.4. The molecule has 0 aliphatic carbocycles. The summed E-state index contributed by atoms with van der Waals surface area (Å²) in [5.41, 5.74) is 9.03. The minimum atomic E-state index is -0.439. The van der Waals surface area contributed by atoms with E-state index >= 15 is 0 Å². The van der Waals surface area contributed by atoms with Crippen molar-refractivity contribution >= 4 is 5.69 Å². The summed E-state index contributed by atoms with van der Waals surface area (Å²) in [7, 11) is 0. The summed E-state index contributed by atoms with van der Waals surface area (Å²) in [6, 6.07) is 4.98. The molecule has 0 aliphatic rings. The highest BCUT2D eigenvalue weighted by Gasteiger charge is 2.14. The molecule has 0 aliphatic heterocycles. The van der Waals surface area contributed by atoms with E-state index in [2.05, 4.69) is 25.0 Å². The van der Waals surface area contributed by atoms with Crippen LogP contribution in [0.5, 0.6) is 5.75 Å². The van der Waals surface area contributed by atoms with E-state index in [1.165, 1.54) is 6.07 Å². The van der Waals surface area contributed by atoms with Crippen LogP contribution in [0.4, 0.5) is 10.1 Å². The van der Waals surface area contributed by atoms with Crippen molar-refractivity contribution in [3.63, 3.8) is 0 Å². The minimum Gasteiger partial charge on any atom is -0.490 e. The summed E-state index contributed by atoms with van der Waals surface area (Å²) in [6.07, 6.45) is 2.50. The van der Waals surface area contributed by atoms with E-state index in [0.717, 1.165) is 30.7 Å². The van der Waals surface area contributed by atoms with Crippen LogP contribution in [-0.2, 0) is 12.8 Å². The Balaban J connectivity index is 2.49. The Morgan fingerprint density at radius 3 is 2.57 bits per heavy atom. The Kier molecular flexibility index (Phi) is 4.83. The molecule has 0 saturated heterocycles. The molecular weight excluding hydrogens is 269 g/mol. The molecule has 2 aromatic rings. The summed E-state index contributed by atoms with van der Waals surface area (Å²) in [5.74, 6) is -0.220. The molecule has 0 fully saturated rings. The highest BCUT2D eigenvalue weighted by molar-refractivity contribution is 5.61. The molecule has 2 rings (SSSR count). The SMILES string of the molecule is CCCOc1cc(-n2nc(CC)cc2CC)c(N)cc1F. The Morgan fingerprint density at radius 1 is 1.19 bits per heavy atom. The average Bonchev–Trinajstić information content (AvgIpc) is 2.89. The van der Waals surface area contributed by atoms with E-state index in [9.17, 15) is 4.39 Å². The van der Waals surface area contributed by atoms with Crippen LogP contribution in [0, 0.1) is 5.82 Å². The first-order valence-corrected chi connectivity index (χ1v) is 7.40. The lowest BCUT2D eigenvalue weighted by atomic mass is 10.2. The first kappa shape index (κ1) is 15.4. The third-order valence-electron chi connectivity index (χ3n) is 3.33. The van der Waals surface area contributed by atoms with E-state index in [4.69, 9.17) is 10.5 Å². The highest BCUT2D eigenvalue weighted by atomic mass is 19.1. The zero-order valence-electron chi connectivity index (χ0n) is 12.8. The second-order valence-corrected chi connectivity index (χ2v) is 4.94. The van der Waals surface area contributed by atoms with Crippen LogP contribution >= 0.6 is 0 Å². The van der Waals surface area contributed by atoms with Crippen LogP contribution in [0.2, 0.25) is 0 Å². The number of aryl methyl sites for hydroxylation is 2. The first-order chi connectivity index (χ1) is 10.1. The summed E-state index contributed by atoms with van der Waals surface area (Å²) in [5, 5.41) is 4.54. The predicted molar refractivity (Wildman–Crippen MR) is 82.5 cm³/mol. The predicted octanol–water partition coefficient (Wildman–Crippen LogP) is 3.51. The number of hydrogen-bond donors (Lipinski definition) is 1. The van der Waals surface area contributed by atoms with Crippen molar-refractivity contribution in [1.82, 2.24) is 9.78 Å². The van der Waals surface area contributed by atoms with Gasteiger partial charge in [-0.1, -0.05) is 20.8 Å². The topological polar surface area (TPSA) is 53.1 Å². The van der Waals surface area contributed by atoms with Gasteiger partial charge in [0.1, 0.15) is 0 Å². The molecule has 0 bridgehead atoms. The number of nitrogens with two attached hydrogens (primary N) is 1. The van der Waals surface area contributed by atoms with Crippen molar-refractivity contribution in [2.75, 3.05) is 12.3 Å². The van der Waals surface area contributed by atoms with Crippen LogP contribution < -0.4 is 10.5 Å². The third kappa shape index (κ3) is 3.17. The number of aromatic nitrogens is 2. The Hall–Kier alpha value is -2.04. The van der Waals surface area contributed by atoms with Crippen molar-refractivity contribution < 1.29 is 9.13 Å². The van der Waals surface area contributed by atoms with Gasteiger partial charge in [-0.15, -0.1) is 0 Å². The van der Waals surface area contributed by atoms with Gasteiger partial charge < -0.3 is 10.5 Å². The molecule has 0 spiro atoms. The van der Waals surface area contributed by atoms with E-state index in [0.29, 0.717) is 18.0 Å². The number of anilines is 1. The molecule has 0 amide bonds.